The zero-order chi connectivity index (χ0) is 14.5. The molecule has 1 atom stereocenters. The highest BCUT2D eigenvalue weighted by atomic mass is 79.9. The van der Waals surface area contributed by atoms with Gasteiger partial charge in [-0.3, -0.25) is 0 Å². The molecule has 2 aromatic carbocycles. The van der Waals surface area contributed by atoms with Gasteiger partial charge in [-0.2, -0.15) is 0 Å². The quantitative estimate of drug-likeness (QED) is 0.713. The van der Waals surface area contributed by atoms with Gasteiger partial charge in [0.05, 0.1) is 0 Å². The second-order valence-electron chi connectivity index (χ2n) is 4.27. The molecule has 2 rings (SSSR count). The summed E-state index contributed by atoms with van der Waals surface area (Å²) in [6.07, 6.45) is 0. The van der Waals surface area contributed by atoms with Crippen LogP contribution in [0.25, 0.3) is 0 Å². The third-order valence-corrected chi connectivity index (χ3v) is 4.79. The Balaban J connectivity index is 2.07. The highest BCUT2D eigenvalue weighted by molar-refractivity contribution is 9.10. The number of hydrogen-bond acceptors (Lipinski definition) is 2. The Morgan fingerprint density at radius 1 is 1.25 bits per heavy atom. The fraction of sp³-hybridized carbons (Fsp3) is 0.200. The van der Waals surface area contributed by atoms with Crippen LogP contribution in [-0.4, -0.2) is 12.8 Å². The lowest BCUT2D eigenvalue weighted by Gasteiger charge is -2.17. The molecule has 0 aliphatic rings. The Kier molecular flexibility index (Phi) is 5.90. The Hall–Kier alpha value is -0.550. The molecule has 0 saturated heterocycles. The zero-order valence-corrected chi connectivity index (χ0v) is 14.0. The summed E-state index contributed by atoms with van der Waals surface area (Å²) in [6, 6.07) is 12.8. The van der Waals surface area contributed by atoms with Gasteiger partial charge in [-0.25, -0.2) is 4.39 Å². The standard InChI is InChI=1S/C15H14BrClFNS/c1-19-15(13-7-4-11(17)8-14(13)18)9-20-12-5-2-10(16)3-6-12/h2-8,15,19H,9H2,1H3. The van der Waals surface area contributed by atoms with Gasteiger partial charge in [-0.15, -0.1) is 11.8 Å². The highest BCUT2D eigenvalue weighted by Crippen LogP contribution is 2.28. The van der Waals surface area contributed by atoms with E-state index in [0.717, 1.165) is 15.1 Å². The van der Waals surface area contributed by atoms with E-state index in [9.17, 15) is 4.39 Å². The van der Waals surface area contributed by atoms with Gasteiger partial charge in [0.2, 0.25) is 0 Å². The summed E-state index contributed by atoms with van der Waals surface area (Å²) >= 11 is 10.9. The van der Waals surface area contributed by atoms with Crippen LogP contribution in [0, 0.1) is 5.82 Å². The molecule has 1 nitrogen and oxygen atoms in total. The van der Waals surface area contributed by atoms with Gasteiger partial charge < -0.3 is 5.32 Å². The number of halogens is 3. The van der Waals surface area contributed by atoms with Crippen LogP contribution in [0.5, 0.6) is 0 Å². The fourth-order valence-electron chi connectivity index (χ4n) is 1.82. The van der Waals surface area contributed by atoms with Crippen molar-refractivity contribution in [1.29, 1.82) is 0 Å². The number of nitrogens with one attached hydrogen (secondary N) is 1. The molecule has 1 N–H and O–H groups in total. The first kappa shape index (κ1) is 15.8. The molecule has 0 amide bonds. The predicted octanol–water partition coefficient (Wildman–Crippen LogP) is 5.29. The largest absolute Gasteiger partial charge is 0.312 e. The van der Waals surface area contributed by atoms with Crippen LogP contribution < -0.4 is 5.32 Å². The van der Waals surface area contributed by atoms with Crippen molar-refractivity contribution in [2.24, 2.45) is 0 Å². The molecule has 5 heteroatoms. The first-order valence-electron chi connectivity index (χ1n) is 6.10. The molecule has 0 fully saturated rings. The van der Waals surface area contributed by atoms with Gasteiger partial charge in [0.1, 0.15) is 5.82 Å². The summed E-state index contributed by atoms with van der Waals surface area (Å²) in [5, 5.41) is 3.57. The monoisotopic (exact) mass is 373 g/mol. The van der Waals surface area contributed by atoms with Crippen molar-refractivity contribution in [3.05, 3.63) is 63.3 Å². The van der Waals surface area contributed by atoms with Crippen LogP contribution in [0.3, 0.4) is 0 Å². The summed E-state index contributed by atoms with van der Waals surface area (Å²) in [4.78, 5) is 1.16. The van der Waals surface area contributed by atoms with Crippen molar-refractivity contribution in [2.75, 3.05) is 12.8 Å². The fourth-order valence-corrected chi connectivity index (χ4v) is 3.28. The molecule has 0 radical (unpaired) electrons. The van der Waals surface area contributed by atoms with Crippen molar-refractivity contribution >= 4 is 39.3 Å². The Morgan fingerprint density at radius 3 is 2.55 bits per heavy atom. The van der Waals surface area contributed by atoms with Crippen molar-refractivity contribution < 1.29 is 4.39 Å². The van der Waals surface area contributed by atoms with E-state index in [2.05, 4.69) is 21.2 Å². The number of rotatable bonds is 5. The smallest absolute Gasteiger partial charge is 0.129 e. The lowest BCUT2D eigenvalue weighted by molar-refractivity contribution is 0.566. The van der Waals surface area contributed by atoms with Crippen molar-refractivity contribution in [3.63, 3.8) is 0 Å². The SMILES string of the molecule is CNC(CSc1ccc(Br)cc1)c1ccc(Cl)cc1F. The third-order valence-electron chi connectivity index (χ3n) is 2.92. The van der Waals surface area contributed by atoms with Gasteiger partial charge in [0, 0.05) is 31.7 Å². The maximum absolute atomic E-state index is 13.9. The molecule has 0 bridgehead atoms. The van der Waals surface area contributed by atoms with Crippen molar-refractivity contribution in [1.82, 2.24) is 5.32 Å². The summed E-state index contributed by atoms with van der Waals surface area (Å²) in [7, 11) is 1.83. The molecule has 2 aromatic rings. The molecular formula is C15H14BrClFNS. The minimum atomic E-state index is -0.270. The second-order valence-corrected chi connectivity index (χ2v) is 6.72. The Bertz CT molecular complexity index is 577. The molecule has 0 aromatic heterocycles. The Labute approximate surface area is 136 Å². The van der Waals surface area contributed by atoms with Crippen LogP contribution in [-0.2, 0) is 0 Å². The molecule has 0 aliphatic carbocycles. The molecule has 0 saturated carbocycles. The predicted molar refractivity (Wildman–Crippen MR) is 88.1 cm³/mol. The first-order valence-corrected chi connectivity index (χ1v) is 8.26. The average Bonchev–Trinajstić information content (AvgIpc) is 2.43. The zero-order valence-electron chi connectivity index (χ0n) is 10.9. The van der Waals surface area contributed by atoms with Gasteiger partial charge in [0.15, 0.2) is 0 Å². The third kappa shape index (κ3) is 4.22. The van der Waals surface area contributed by atoms with E-state index in [1.807, 2.05) is 31.3 Å². The van der Waals surface area contributed by atoms with Crippen LogP contribution >= 0.6 is 39.3 Å². The highest BCUT2D eigenvalue weighted by Gasteiger charge is 2.14. The number of hydrogen-bond donors (Lipinski definition) is 1. The summed E-state index contributed by atoms with van der Waals surface area (Å²) in [5.41, 5.74) is 0.640. The van der Waals surface area contributed by atoms with Crippen molar-refractivity contribution in [3.8, 4) is 0 Å². The summed E-state index contributed by atoms with van der Waals surface area (Å²) in [6.45, 7) is 0. The maximum Gasteiger partial charge on any atom is 0.129 e. The van der Waals surface area contributed by atoms with E-state index in [1.54, 1.807) is 23.9 Å². The summed E-state index contributed by atoms with van der Waals surface area (Å²) < 4.78 is 15.0. The first-order chi connectivity index (χ1) is 9.60. The second kappa shape index (κ2) is 7.46. The minimum absolute atomic E-state index is 0.0547. The van der Waals surface area contributed by atoms with Crippen LogP contribution in [0.4, 0.5) is 4.39 Å². The summed E-state index contributed by atoms with van der Waals surface area (Å²) in [5.74, 6) is 0.477. The molecule has 106 valence electrons. The molecular weight excluding hydrogens is 361 g/mol. The number of thioether (sulfide) groups is 1. The average molecular weight is 375 g/mol. The van der Waals surface area contributed by atoms with Gasteiger partial charge >= 0.3 is 0 Å². The molecule has 0 spiro atoms. The van der Waals surface area contributed by atoms with E-state index in [-0.39, 0.29) is 11.9 Å². The maximum atomic E-state index is 13.9. The normalized spacial score (nSPS) is 12.4. The van der Waals surface area contributed by atoms with E-state index in [1.165, 1.54) is 6.07 Å². The Morgan fingerprint density at radius 2 is 1.95 bits per heavy atom. The van der Waals surface area contributed by atoms with Crippen LogP contribution in [0.1, 0.15) is 11.6 Å². The minimum Gasteiger partial charge on any atom is -0.312 e. The number of benzene rings is 2. The molecule has 20 heavy (non-hydrogen) atoms. The van der Waals surface area contributed by atoms with Gasteiger partial charge in [-0.05, 0) is 43.4 Å². The van der Waals surface area contributed by atoms with Gasteiger partial charge in [0.25, 0.3) is 0 Å². The van der Waals surface area contributed by atoms with Crippen LogP contribution in [0.2, 0.25) is 5.02 Å². The van der Waals surface area contributed by atoms with E-state index < -0.39 is 0 Å². The topological polar surface area (TPSA) is 12.0 Å². The molecule has 0 heterocycles. The van der Waals surface area contributed by atoms with Gasteiger partial charge in [-0.1, -0.05) is 33.6 Å². The van der Waals surface area contributed by atoms with E-state index >= 15 is 0 Å². The van der Waals surface area contributed by atoms with Crippen molar-refractivity contribution in [2.45, 2.75) is 10.9 Å². The lowest BCUT2D eigenvalue weighted by Crippen LogP contribution is -2.20. The van der Waals surface area contributed by atoms with Crippen LogP contribution in [0.15, 0.2) is 51.8 Å². The van der Waals surface area contributed by atoms with E-state index in [0.29, 0.717) is 10.6 Å². The lowest BCUT2D eigenvalue weighted by atomic mass is 10.1. The molecule has 0 aliphatic heterocycles. The van der Waals surface area contributed by atoms with E-state index in [4.69, 9.17) is 11.6 Å². The molecule has 1 unspecified atom stereocenters.